The summed E-state index contributed by atoms with van der Waals surface area (Å²) in [5.74, 6) is 0. The Morgan fingerprint density at radius 3 is 2.61 bits per heavy atom. The smallest absolute Gasteiger partial charge is 0.0992 e. The number of rotatable bonds is 2. The van der Waals surface area contributed by atoms with Crippen molar-refractivity contribution in [1.82, 2.24) is 0 Å². The number of aryl methyl sites for hydroxylation is 1. The van der Waals surface area contributed by atoms with Gasteiger partial charge in [-0.3, -0.25) is 0 Å². The number of benzene rings is 2. The second kappa shape index (κ2) is 4.99. The van der Waals surface area contributed by atoms with Crippen LogP contribution >= 0.6 is 11.6 Å². The molecule has 0 spiro atoms. The van der Waals surface area contributed by atoms with Gasteiger partial charge < -0.3 is 11.1 Å². The Morgan fingerprint density at radius 2 is 1.94 bits per heavy atom. The molecule has 0 radical (unpaired) electrons. The van der Waals surface area contributed by atoms with Gasteiger partial charge in [0.1, 0.15) is 0 Å². The molecule has 18 heavy (non-hydrogen) atoms. The minimum absolute atomic E-state index is 0.565. The molecule has 0 atom stereocenters. The molecule has 4 heteroatoms. The lowest BCUT2D eigenvalue weighted by molar-refractivity contribution is 1.42. The van der Waals surface area contributed by atoms with Crippen LogP contribution in [0.15, 0.2) is 36.4 Å². The van der Waals surface area contributed by atoms with Crippen LogP contribution in [0.4, 0.5) is 17.1 Å². The third-order valence-corrected chi connectivity index (χ3v) is 2.94. The number of halogens is 1. The van der Waals surface area contributed by atoms with Gasteiger partial charge >= 0.3 is 0 Å². The van der Waals surface area contributed by atoms with Crippen molar-refractivity contribution < 1.29 is 0 Å². The van der Waals surface area contributed by atoms with Crippen LogP contribution in [0.1, 0.15) is 11.1 Å². The fraction of sp³-hybridized carbons (Fsp3) is 0.0714. The molecular formula is C14H12ClN3. The molecule has 0 saturated heterocycles. The van der Waals surface area contributed by atoms with Crippen LogP contribution in [0, 0.1) is 18.3 Å². The second-order valence-corrected chi connectivity index (χ2v) is 4.41. The van der Waals surface area contributed by atoms with Crippen molar-refractivity contribution in [1.29, 1.82) is 5.26 Å². The molecule has 3 nitrogen and oxygen atoms in total. The molecule has 0 heterocycles. The van der Waals surface area contributed by atoms with E-state index in [9.17, 15) is 0 Å². The van der Waals surface area contributed by atoms with E-state index in [0.29, 0.717) is 16.3 Å². The van der Waals surface area contributed by atoms with E-state index in [1.165, 1.54) is 0 Å². The molecule has 0 aliphatic rings. The summed E-state index contributed by atoms with van der Waals surface area (Å²) in [6.07, 6.45) is 0. The zero-order valence-electron chi connectivity index (χ0n) is 9.87. The number of nitrogens with one attached hydrogen (secondary N) is 1. The van der Waals surface area contributed by atoms with Crippen LogP contribution in [0.25, 0.3) is 0 Å². The monoisotopic (exact) mass is 257 g/mol. The molecule has 2 aromatic carbocycles. The molecule has 0 amide bonds. The van der Waals surface area contributed by atoms with E-state index in [2.05, 4.69) is 11.4 Å². The number of nitrogens with zero attached hydrogens (tertiary/aromatic N) is 1. The van der Waals surface area contributed by atoms with Crippen LogP contribution in [0.2, 0.25) is 5.02 Å². The SMILES string of the molecule is Cc1cc(N)ccc1Nc1cc(C#N)ccc1Cl. The Balaban J connectivity index is 2.37. The van der Waals surface area contributed by atoms with E-state index >= 15 is 0 Å². The van der Waals surface area contributed by atoms with Crippen molar-refractivity contribution in [3.8, 4) is 6.07 Å². The van der Waals surface area contributed by atoms with Crippen molar-refractivity contribution in [2.45, 2.75) is 6.92 Å². The highest BCUT2D eigenvalue weighted by atomic mass is 35.5. The van der Waals surface area contributed by atoms with E-state index in [-0.39, 0.29) is 0 Å². The Kier molecular flexibility index (Phi) is 3.40. The van der Waals surface area contributed by atoms with E-state index in [1.54, 1.807) is 18.2 Å². The van der Waals surface area contributed by atoms with Crippen molar-refractivity contribution in [2.75, 3.05) is 11.1 Å². The van der Waals surface area contributed by atoms with Gasteiger partial charge in [-0.1, -0.05) is 11.6 Å². The highest BCUT2D eigenvalue weighted by Gasteiger charge is 2.04. The van der Waals surface area contributed by atoms with Gasteiger partial charge in [0, 0.05) is 11.4 Å². The van der Waals surface area contributed by atoms with Gasteiger partial charge in [0.15, 0.2) is 0 Å². The molecule has 0 aliphatic carbocycles. The molecule has 0 bridgehead atoms. The first-order valence-corrected chi connectivity index (χ1v) is 5.81. The number of hydrogen-bond acceptors (Lipinski definition) is 3. The summed E-state index contributed by atoms with van der Waals surface area (Å²) in [5.41, 5.74) is 9.63. The van der Waals surface area contributed by atoms with E-state index < -0.39 is 0 Å². The topological polar surface area (TPSA) is 61.8 Å². The van der Waals surface area contributed by atoms with Crippen LogP contribution < -0.4 is 11.1 Å². The van der Waals surface area contributed by atoms with Gasteiger partial charge in [-0.2, -0.15) is 5.26 Å². The van der Waals surface area contributed by atoms with Gasteiger partial charge in [-0.15, -0.1) is 0 Å². The molecule has 0 saturated carbocycles. The third-order valence-electron chi connectivity index (χ3n) is 2.62. The Bertz CT molecular complexity index is 629. The largest absolute Gasteiger partial charge is 0.399 e. The van der Waals surface area contributed by atoms with Crippen LogP contribution in [-0.4, -0.2) is 0 Å². The van der Waals surface area contributed by atoms with Gasteiger partial charge in [-0.25, -0.2) is 0 Å². The van der Waals surface area contributed by atoms with Crippen LogP contribution in [0.3, 0.4) is 0 Å². The summed E-state index contributed by atoms with van der Waals surface area (Å²) in [4.78, 5) is 0. The van der Waals surface area contributed by atoms with Crippen molar-refractivity contribution >= 4 is 28.7 Å². The minimum atomic E-state index is 0.565. The summed E-state index contributed by atoms with van der Waals surface area (Å²) >= 11 is 6.09. The Labute approximate surface area is 111 Å². The summed E-state index contributed by atoms with van der Waals surface area (Å²) < 4.78 is 0. The molecule has 0 aromatic heterocycles. The minimum Gasteiger partial charge on any atom is -0.399 e. The second-order valence-electron chi connectivity index (χ2n) is 4.01. The zero-order valence-corrected chi connectivity index (χ0v) is 10.6. The molecule has 2 aromatic rings. The number of hydrogen-bond donors (Lipinski definition) is 2. The van der Waals surface area contributed by atoms with Crippen molar-refractivity contribution in [3.63, 3.8) is 0 Å². The van der Waals surface area contributed by atoms with Gasteiger partial charge in [0.25, 0.3) is 0 Å². The van der Waals surface area contributed by atoms with Gasteiger partial charge in [0.05, 0.1) is 22.3 Å². The number of nitrogen functional groups attached to an aromatic ring is 1. The lowest BCUT2D eigenvalue weighted by Crippen LogP contribution is -1.96. The summed E-state index contributed by atoms with van der Waals surface area (Å²) in [5, 5.41) is 12.7. The normalized spacial score (nSPS) is 9.83. The molecule has 0 unspecified atom stereocenters. The zero-order chi connectivity index (χ0) is 13.1. The molecular weight excluding hydrogens is 246 g/mol. The highest BCUT2D eigenvalue weighted by molar-refractivity contribution is 6.33. The number of anilines is 3. The summed E-state index contributed by atoms with van der Waals surface area (Å²) in [7, 11) is 0. The van der Waals surface area contributed by atoms with Gasteiger partial charge in [-0.05, 0) is 48.9 Å². The van der Waals surface area contributed by atoms with Gasteiger partial charge in [0.2, 0.25) is 0 Å². The summed E-state index contributed by atoms with van der Waals surface area (Å²) in [6.45, 7) is 1.96. The predicted octanol–water partition coefficient (Wildman–Crippen LogP) is 3.85. The number of nitrogens with two attached hydrogens (primary N) is 1. The third kappa shape index (κ3) is 2.55. The van der Waals surface area contributed by atoms with Crippen molar-refractivity contribution in [3.05, 3.63) is 52.5 Å². The first-order chi connectivity index (χ1) is 8.60. The predicted molar refractivity (Wildman–Crippen MR) is 75.0 cm³/mol. The van der Waals surface area contributed by atoms with E-state index in [0.717, 1.165) is 16.9 Å². The standard InChI is InChI=1S/C14H12ClN3/c1-9-6-11(17)3-5-13(9)18-14-7-10(8-16)2-4-12(14)15/h2-7,18H,17H2,1H3. The van der Waals surface area contributed by atoms with E-state index in [4.69, 9.17) is 22.6 Å². The average molecular weight is 258 g/mol. The first kappa shape index (κ1) is 12.3. The lowest BCUT2D eigenvalue weighted by Gasteiger charge is -2.11. The number of nitriles is 1. The first-order valence-electron chi connectivity index (χ1n) is 5.43. The Morgan fingerprint density at radius 1 is 1.17 bits per heavy atom. The quantitative estimate of drug-likeness (QED) is 0.804. The Hall–Kier alpha value is -2.18. The van der Waals surface area contributed by atoms with Crippen molar-refractivity contribution in [2.24, 2.45) is 0 Å². The maximum atomic E-state index is 8.87. The van der Waals surface area contributed by atoms with Crippen LogP contribution in [0.5, 0.6) is 0 Å². The summed E-state index contributed by atoms with van der Waals surface area (Å²) in [6, 6.07) is 12.8. The molecule has 3 N–H and O–H groups in total. The molecule has 0 aliphatic heterocycles. The van der Waals surface area contributed by atoms with Crippen LogP contribution in [-0.2, 0) is 0 Å². The lowest BCUT2D eigenvalue weighted by atomic mass is 10.1. The fourth-order valence-electron chi connectivity index (χ4n) is 1.66. The molecule has 2 rings (SSSR count). The molecule has 0 fully saturated rings. The average Bonchev–Trinajstić information content (AvgIpc) is 2.35. The highest BCUT2D eigenvalue weighted by Crippen LogP contribution is 2.28. The fourth-order valence-corrected chi connectivity index (χ4v) is 1.83. The molecule has 90 valence electrons. The van der Waals surface area contributed by atoms with E-state index in [1.807, 2.05) is 25.1 Å². The maximum Gasteiger partial charge on any atom is 0.0992 e. The maximum absolute atomic E-state index is 8.87.